The van der Waals surface area contributed by atoms with E-state index < -0.39 is 5.60 Å². The molecule has 5 heteroatoms. The van der Waals surface area contributed by atoms with Crippen LogP contribution in [0.4, 0.5) is 14.9 Å². The molecule has 1 aliphatic heterocycles. The molecule has 1 heterocycles. The van der Waals surface area contributed by atoms with Crippen molar-refractivity contribution >= 4 is 17.9 Å². The van der Waals surface area contributed by atoms with Crippen LogP contribution in [0.2, 0.25) is 0 Å². The van der Waals surface area contributed by atoms with Crippen molar-refractivity contribution in [1.29, 1.82) is 0 Å². The molecule has 2 rings (SSSR count). The molecule has 0 radical (unpaired) electrons. The molecule has 1 aromatic rings. The molecule has 1 amide bonds. The van der Waals surface area contributed by atoms with E-state index in [4.69, 9.17) is 10.5 Å². The summed E-state index contributed by atoms with van der Waals surface area (Å²) in [4.78, 5) is 13.7. The Kier molecular flexibility index (Phi) is 3.94. The predicted octanol–water partition coefficient (Wildman–Crippen LogP) is 3.34. The largest absolute Gasteiger partial charge is 0.444 e. The summed E-state index contributed by atoms with van der Waals surface area (Å²) in [6.45, 7) is 9.90. The lowest BCUT2D eigenvalue weighted by molar-refractivity contribution is 0.0223. The summed E-state index contributed by atoms with van der Waals surface area (Å²) >= 11 is 0. The van der Waals surface area contributed by atoms with Gasteiger partial charge in [-0.3, -0.25) is 0 Å². The number of carbonyl (C=O) groups is 1. The number of nitrogen functional groups attached to an aromatic ring is 1. The molecule has 0 unspecified atom stereocenters. The quantitative estimate of drug-likeness (QED) is 0.808. The normalized spacial score (nSPS) is 14.6. The van der Waals surface area contributed by atoms with Gasteiger partial charge in [0, 0.05) is 13.1 Å². The molecule has 1 aromatic carbocycles. The Labute approximate surface area is 124 Å². The molecule has 0 aromatic heterocycles. The van der Waals surface area contributed by atoms with Crippen LogP contribution in [-0.4, -0.2) is 23.1 Å². The lowest BCUT2D eigenvalue weighted by atomic mass is 9.93. The summed E-state index contributed by atoms with van der Waals surface area (Å²) in [5, 5.41) is 0. The molecule has 0 spiro atoms. The van der Waals surface area contributed by atoms with Crippen molar-refractivity contribution in [3.8, 4) is 0 Å². The Morgan fingerprint density at radius 1 is 1.48 bits per heavy atom. The number of hydrogen-bond donors (Lipinski definition) is 1. The second kappa shape index (κ2) is 5.39. The minimum absolute atomic E-state index is 0.120. The zero-order valence-corrected chi connectivity index (χ0v) is 12.7. The maximum atomic E-state index is 14.1. The minimum Gasteiger partial charge on any atom is -0.444 e. The van der Waals surface area contributed by atoms with Gasteiger partial charge < -0.3 is 15.4 Å². The molecule has 21 heavy (non-hydrogen) atoms. The Hall–Kier alpha value is -2.04. The van der Waals surface area contributed by atoms with E-state index in [0.29, 0.717) is 25.1 Å². The van der Waals surface area contributed by atoms with Crippen molar-refractivity contribution < 1.29 is 13.9 Å². The molecule has 0 bridgehead atoms. The number of ether oxygens (including phenoxy) is 1. The van der Waals surface area contributed by atoms with Crippen molar-refractivity contribution in [3.63, 3.8) is 0 Å². The van der Waals surface area contributed by atoms with E-state index in [2.05, 4.69) is 6.58 Å². The molecule has 114 valence electrons. The van der Waals surface area contributed by atoms with Crippen molar-refractivity contribution in [1.82, 2.24) is 4.90 Å². The molecule has 0 aliphatic carbocycles. The number of benzene rings is 1. The van der Waals surface area contributed by atoms with Gasteiger partial charge in [0.2, 0.25) is 0 Å². The first kappa shape index (κ1) is 15.4. The smallest absolute Gasteiger partial charge is 0.410 e. The van der Waals surface area contributed by atoms with Gasteiger partial charge in [-0.1, -0.05) is 12.7 Å². The first-order valence-electron chi connectivity index (χ1n) is 6.93. The molecule has 0 fully saturated rings. The van der Waals surface area contributed by atoms with Crippen molar-refractivity contribution in [2.75, 3.05) is 12.3 Å². The first-order valence-corrected chi connectivity index (χ1v) is 6.93. The Morgan fingerprint density at radius 2 is 2.14 bits per heavy atom. The summed E-state index contributed by atoms with van der Waals surface area (Å²) in [5.41, 5.74) is 7.33. The lowest BCUT2D eigenvalue weighted by Gasteiger charge is -2.32. The molecule has 0 saturated heterocycles. The van der Waals surface area contributed by atoms with Crippen molar-refractivity contribution in [2.45, 2.75) is 39.3 Å². The van der Waals surface area contributed by atoms with Gasteiger partial charge in [0.25, 0.3) is 0 Å². The van der Waals surface area contributed by atoms with Crippen molar-refractivity contribution in [2.24, 2.45) is 0 Å². The van der Waals surface area contributed by atoms with Crippen LogP contribution in [0.1, 0.15) is 37.5 Å². The second-order valence-electron chi connectivity index (χ2n) is 6.18. The van der Waals surface area contributed by atoms with Gasteiger partial charge in [0.1, 0.15) is 11.4 Å². The SMILES string of the molecule is C=Cc1cc(N)c(F)c2c1CN(C(=O)OC(C)(C)C)CC2. The van der Waals surface area contributed by atoms with Crippen LogP contribution in [0, 0.1) is 5.82 Å². The van der Waals surface area contributed by atoms with Crippen LogP contribution >= 0.6 is 0 Å². The highest BCUT2D eigenvalue weighted by molar-refractivity contribution is 5.70. The van der Waals surface area contributed by atoms with Gasteiger partial charge in [-0.15, -0.1) is 0 Å². The van der Waals surface area contributed by atoms with E-state index in [1.807, 2.05) is 20.8 Å². The number of nitrogens with two attached hydrogens (primary N) is 1. The highest BCUT2D eigenvalue weighted by atomic mass is 19.1. The molecule has 1 aliphatic rings. The average molecular weight is 292 g/mol. The Balaban J connectivity index is 2.30. The average Bonchev–Trinajstić information content (AvgIpc) is 2.40. The third-order valence-corrected chi connectivity index (χ3v) is 3.39. The summed E-state index contributed by atoms with van der Waals surface area (Å²) < 4.78 is 19.5. The Morgan fingerprint density at radius 3 is 2.71 bits per heavy atom. The lowest BCUT2D eigenvalue weighted by Crippen LogP contribution is -2.40. The number of amides is 1. The van der Waals surface area contributed by atoms with Crippen LogP contribution in [0.25, 0.3) is 6.08 Å². The summed E-state index contributed by atoms with van der Waals surface area (Å²) in [7, 11) is 0. The maximum absolute atomic E-state index is 14.1. The van der Waals surface area contributed by atoms with E-state index in [1.165, 1.54) is 0 Å². The van der Waals surface area contributed by atoms with Crippen LogP contribution in [0.5, 0.6) is 0 Å². The molecular formula is C16H21FN2O2. The van der Waals surface area contributed by atoms with E-state index in [-0.39, 0.29) is 17.6 Å². The van der Waals surface area contributed by atoms with Crippen LogP contribution < -0.4 is 5.73 Å². The van der Waals surface area contributed by atoms with Crippen LogP contribution in [0.15, 0.2) is 12.6 Å². The van der Waals surface area contributed by atoms with E-state index in [9.17, 15) is 9.18 Å². The van der Waals surface area contributed by atoms with Gasteiger partial charge >= 0.3 is 6.09 Å². The molecule has 0 atom stereocenters. The highest BCUT2D eigenvalue weighted by Crippen LogP contribution is 2.30. The first-order chi connectivity index (χ1) is 9.73. The number of halogens is 1. The maximum Gasteiger partial charge on any atom is 0.410 e. The van der Waals surface area contributed by atoms with E-state index in [1.54, 1.807) is 17.0 Å². The standard InChI is InChI=1S/C16H21FN2O2/c1-5-10-8-13(18)14(17)11-6-7-19(9-12(10)11)15(20)21-16(2,3)4/h5,8H,1,6-7,9,18H2,2-4H3. The van der Waals surface area contributed by atoms with Gasteiger partial charge in [0.15, 0.2) is 0 Å². The summed E-state index contributed by atoms with van der Waals surface area (Å²) in [6.07, 6.45) is 1.67. The van der Waals surface area contributed by atoms with Crippen LogP contribution in [0.3, 0.4) is 0 Å². The number of hydrogen-bond acceptors (Lipinski definition) is 3. The third-order valence-electron chi connectivity index (χ3n) is 3.39. The second-order valence-corrected chi connectivity index (χ2v) is 6.18. The van der Waals surface area contributed by atoms with Gasteiger partial charge in [0.05, 0.1) is 5.69 Å². The third kappa shape index (κ3) is 3.17. The fourth-order valence-electron chi connectivity index (χ4n) is 2.43. The highest BCUT2D eigenvalue weighted by Gasteiger charge is 2.28. The molecule has 2 N–H and O–H groups in total. The summed E-state index contributed by atoms with van der Waals surface area (Å²) in [6, 6.07) is 1.56. The number of nitrogens with zero attached hydrogens (tertiary/aromatic N) is 1. The number of anilines is 1. The zero-order chi connectivity index (χ0) is 15.8. The molecule has 0 saturated carbocycles. The fraction of sp³-hybridized carbons (Fsp3) is 0.438. The molecule has 4 nitrogen and oxygen atoms in total. The van der Waals surface area contributed by atoms with Gasteiger partial charge in [-0.2, -0.15) is 0 Å². The minimum atomic E-state index is -0.551. The van der Waals surface area contributed by atoms with Gasteiger partial charge in [-0.05, 0) is 49.9 Å². The zero-order valence-electron chi connectivity index (χ0n) is 12.7. The predicted molar refractivity (Wildman–Crippen MR) is 81.3 cm³/mol. The van der Waals surface area contributed by atoms with Crippen molar-refractivity contribution in [3.05, 3.63) is 35.2 Å². The monoisotopic (exact) mass is 292 g/mol. The van der Waals surface area contributed by atoms with Crippen LogP contribution in [-0.2, 0) is 17.7 Å². The number of fused-ring (bicyclic) bond motifs is 1. The van der Waals surface area contributed by atoms with Gasteiger partial charge in [-0.25, -0.2) is 9.18 Å². The number of rotatable bonds is 1. The number of carbonyl (C=O) groups excluding carboxylic acids is 1. The Bertz CT molecular complexity index is 591. The fourth-order valence-corrected chi connectivity index (χ4v) is 2.43. The van der Waals surface area contributed by atoms with E-state index >= 15 is 0 Å². The van der Waals surface area contributed by atoms with E-state index in [0.717, 1.165) is 11.1 Å². The topological polar surface area (TPSA) is 55.6 Å². The summed E-state index contributed by atoms with van der Waals surface area (Å²) in [5.74, 6) is -0.389. The molecular weight excluding hydrogens is 271 g/mol.